The third-order valence-electron chi connectivity index (χ3n) is 4.23. The number of carbonyl (C=O) groups excluding carboxylic acids is 1. The molecule has 120 valence electrons. The van der Waals surface area contributed by atoms with Crippen LogP contribution in [-0.2, 0) is 14.8 Å². The Morgan fingerprint density at radius 2 is 1.86 bits per heavy atom. The third-order valence-corrected chi connectivity index (χ3v) is 5.47. The van der Waals surface area contributed by atoms with Gasteiger partial charge in [-0.3, -0.25) is 4.79 Å². The van der Waals surface area contributed by atoms with Gasteiger partial charge in [0.05, 0.1) is 12.2 Å². The predicted molar refractivity (Wildman–Crippen MR) is 82.9 cm³/mol. The number of piperazine rings is 1. The molecule has 3 heterocycles. The van der Waals surface area contributed by atoms with E-state index >= 15 is 0 Å². The highest BCUT2D eigenvalue weighted by Gasteiger charge is 2.40. The first-order valence-electron chi connectivity index (χ1n) is 7.35. The standard InChI is InChI=1S/C14H20N4O3S/c1-22(20,21)18-10-12(11-18)14(19)17-8-6-16(7-9-17)13-4-2-3-5-15-13/h2-5,12H,6-11H2,1H3. The van der Waals surface area contributed by atoms with Crippen LogP contribution >= 0.6 is 0 Å². The van der Waals surface area contributed by atoms with Crippen LogP contribution in [-0.4, -0.2) is 74.0 Å². The number of hydrogen-bond acceptors (Lipinski definition) is 5. The molecule has 3 rings (SSSR count). The van der Waals surface area contributed by atoms with Crippen LogP contribution in [0.2, 0.25) is 0 Å². The molecule has 2 aliphatic rings. The molecule has 0 atom stereocenters. The zero-order chi connectivity index (χ0) is 15.7. The van der Waals surface area contributed by atoms with Gasteiger partial charge in [0.15, 0.2) is 0 Å². The van der Waals surface area contributed by atoms with Gasteiger partial charge in [0.25, 0.3) is 0 Å². The van der Waals surface area contributed by atoms with Gasteiger partial charge in [0.1, 0.15) is 5.82 Å². The lowest BCUT2D eigenvalue weighted by atomic mass is 10.0. The maximum atomic E-state index is 12.4. The molecule has 0 spiro atoms. The second kappa shape index (κ2) is 5.85. The van der Waals surface area contributed by atoms with Gasteiger partial charge < -0.3 is 9.80 Å². The van der Waals surface area contributed by atoms with Gasteiger partial charge in [0.2, 0.25) is 15.9 Å². The van der Waals surface area contributed by atoms with Crippen molar-refractivity contribution in [2.24, 2.45) is 5.92 Å². The molecular weight excluding hydrogens is 304 g/mol. The molecule has 0 radical (unpaired) electrons. The molecule has 2 fully saturated rings. The Hall–Kier alpha value is -1.67. The smallest absolute Gasteiger partial charge is 0.228 e. The Labute approximate surface area is 130 Å². The Kier molecular flexibility index (Phi) is 4.05. The summed E-state index contributed by atoms with van der Waals surface area (Å²) in [4.78, 5) is 20.7. The molecule has 0 bridgehead atoms. The van der Waals surface area contributed by atoms with Gasteiger partial charge in [-0.2, -0.15) is 0 Å². The van der Waals surface area contributed by atoms with Crippen molar-refractivity contribution in [3.05, 3.63) is 24.4 Å². The topological polar surface area (TPSA) is 73.8 Å². The second-order valence-corrected chi connectivity index (χ2v) is 7.76. The van der Waals surface area contributed by atoms with Crippen molar-refractivity contribution in [2.45, 2.75) is 0 Å². The quantitative estimate of drug-likeness (QED) is 0.758. The number of carbonyl (C=O) groups is 1. The van der Waals surface area contributed by atoms with E-state index in [1.165, 1.54) is 10.6 Å². The summed E-state index contributed by atoms with van der Waals surface area (Å²) in [6.07, 6.45) is 2.94. The van der Waals surface area contributed by atoms with E-state index in [-0.39, 0.29) is 11.8 Å². The molecule has 0 saturated carbocycles. The van der Waals surface area contributed by atoms with Crippen molar-refractivity contribution in [2.75, 3.05) is 50.4 Å². The lowest BCUT2D eigenvalue weighted by Gasteiger charge is -2.41. The molecule has 1 aromatic heterocycles. The molecule has 7 nitrogen and oxygen atoms in total. The molecule has 0 N–H and O–H groups in total. The maximum absolute atomic E-state index is 12.4. The minimum absolute atomic E-state index is 0.0700. The fraction of sp³-hybridized carbons (Fsp3) is 0.571. The first kappa shape index (κ1) is 15.2. The zero-order valence-corrected chi connectivity index (χ0v) is 13.4. The number of aromatic nitrogens is 1. The highest BCUT2D eigenvalue weighted by atomic mass is 32.2. The average Bonchev–Trinajstić information content (AvgIpc) is 2.45. The first-order valence-corrected chi connectivity index (χ1v) is 9.20. The normalized spacial score (nSPS) is 20.8. The molecule has 0 unspecified atom stereocenters. The fourth-order valence-electron chi connectivity index (χ4n) is 2.82. The van der Waals surface area contributed by atoms with E-state index in [0.717, 1.165) is 18.9 Å². The highest BCUT2D eigenvalue weighted by molar-refractivity contribution is 7.88. The van der Waals surface area contributed by atoms with E-state index < -0.39 is 10.0 Å². The number of pyridine rings is 1. The van der Waals surface area contributed by atoms with Crippen molar-refractivity contribution >= 4 is 21.7 Å². The van der Waals surface area contributed by atoms with E-state index in [2.05, 4.69) is 9.88 Å². The zero-order valence-electron chi connectivity index (χ0n) is 12.6. The largest absolute Gasteiger partial charge is 0.353 e. The van der Waals surface area contributed by atoms with Crippen LogP contribution in [0.25, 0.3) is 0 Å². The summed E-state index contributed by atoms with van der Waals surface area (Å²) in [5.74, 6) is 0.818. The SMILES string of the molecule is CS(=O)(=O)N1CC(C(=O)N2CCN(c3ccccn3)CC2)C1. The lowest BCUT2D eigenvalue weighted by molar-refractivity contribution is -0.139. The number of anilines is 1. The molecule has 1 aromatic rings. The Morgan fingerprint density at radius 3 is 2.41 bits per heavy atom. The molecule has 2 aliphatic heterocycles. The van der Waals surface area contributed by atoms with Crippen molar-refractivity contribution in [1.82, 2.24) is 14.2 Å². The monoisotopic (exact) mass is 324 g/mol. The number of nitrogens with zero attached hydrogens (tertiary/aromatic N) is 4. The summed E-state index contributed by atoms with van der Waals surface area (Å²) in [6.45, 7) is 3.46. The summed E-state index contributed by atoms with van der Waals surface area (Å²) in [7, 11) is -3.16. The number of sulfonamides is 1. The summed E-state index contributed by atoms with van der Waals surface area (Å²) in [6, 6.07) is 5.80. The summed E-state index contributed by atoms with van der Waals surface area (Å²) in [5, 5.41) is 0. The van der Waals surface area contributed by atoms with E-state index in [9.17, 15) is 13.2 Å². The van der Waals surface area contributed by atoms with Crippen LogP contribution in [0.1, 0.15) is 0 Å². The van der Waals surface area contributed by atoms with E-state index in [1.54, 1.807) is 6.20 Å². The van der Waals surface area contributed by atoms with Crippen LogP contribution in [0.15, 0.2) is 24.4 Å². The Morgan fingerprint density at radius 1 is 1.18 bits per heavy atom. The molecule has 22 heavy (non-hydrogen) atoms. The minimum Gasteiger partial charge on any atom is -0.353 e. The fourth-order valence-corrected chi connectivity index (χ4v) is 3.72. The van der Waals surface area contributed by atoms with Crippen LogP contribution in [0.3, 0.4) is 0 Å². The highest BCUT2D eigenvalue weighted by Crippen LogP contribution is 2.22. The van der Waals surface area contributed by atoms with Gasteiger partial charge in [-0.1, -0.05) is 6.07 Å². The molecule has 8 heteroatoms. The van der Waals surface area contributed by atoms with E-state index in [1.807, 2.05) is 23.1 Å². The molecule has 0 aromatic carbocycles. The van der Waals surface area contributed by atoms with Crippen LogP contribution in [0.5, 0.6) is 0 Å². The summed E-state index contributed by atoms with van der Waals surface area (Å²) >= 11 is 0. The average molecular weight is 324 g/mol. The van der Waals surface area contributed by atoms with E-state index in [4.69, 9.17) is 0 Å². The summed E-state index contributed by atoms with van der Waals surface area (Å²) < 4.78 is 24.0. The molecule has 1 amide bonds. The lowest BCUT2D eigenvalue weighted by Crippen LogP contribution is -2.58. The minimum atomic E-state index is -3.16. The van der Waals surface area contributed by atoms with Gasteiger partial charge in [-0.25, -0.2) is 17.7 Å². The molecule has 0 aliphatic carbocycles. The second-order valence-electron chi connectivity index (χ2n) is 5.78. The van der Waals surface area contributed by atoms with E-state index in [0.29, 0.717) is 26.2 Å². The predicted octanol–water partition coefficient (Wildman–Crippen LogP) is -0.378. The van der Waals surface area contributed by atoms with Crippen molar-refractivity contribution in [3.63, 3.8) is 0 Å². The van der Waals surface area contributed by atoms with Crippen molar-refractivity contribution in [1.29, 1.82) is 0 Å². The molecule has 2 saturated heterocycles. The van der Waals surface area contributed by atoms with Gasteiger partial charge >= 0.3 is 0 Å². The molecular formula is C14H20N4O3S. The Balaban J connectivity index is 1.51. The van der Waals surface area contributed by atoms with Gasteiger partial charge in [-0.05, 0) is 12.1 Å². The van der Waals surface area contributed by atoms with Crippen LogP contribution in [0, 0.1) is 5.92 Å². The van der Waals surface area contributed by atoms with Crippen LogP contribution in [0.4, 0.5) is 5.82 Å². The third kappa shape index (κ3) is 3.07. The van der Waals surface area contributed by atoms with Gasteiger partial charge in [0, 0.05) is 45.5 Å². The summed E-state index contributed by atoms with van der Waals surface area (Å²) in [5.41, 5.74) is 0. The number of rotatable bonds is 3. The van der Waals surface area contributed by atoms with Crippen molar-refractivity contribution < 1.29 is 13.2 Å². The van der Waals surface area contributed by atoms with Crippen LogP contribution < -0.4 is 4.90 Å². The Bertz CT molecular complexity index is 635. The van der Waals surface area contributed by atoms with Gasteiger partial charge in [-0.15, -0.1) is 0 Å². The van der Waals surface area contributed by atoms with Crippen molar-refractivity contribution in [3.8, 4) is 0 Å². The number of amides is 1. The number of hydrogen-bond donors (Lipinski definition) is 0. The maximum Gasteiger partial charge on any atom is 0.228 e. The first-order chi connectivity index (χ1) is 10.4.